The minimum Gasteiger partial charge on any atom is -0.493 e. The molecule has 6 nitrogen and oxygen atoms in total. The zero-order valence-electron chi connectivity index (χ0n) is 12.5. The van der Waals surface area contributed by atoms with Gasteiger partial charge in [0.2, 0.25) is 0 Å². The lowest BCUT2D eigenvalue weighted by Crippen LogP contribution is -2.31. The lowest BCUT2D eigenvalue weighted by molar-refractivity contribution is 0.271. The van der Waals surface area contributed by atoms with Gasteiger partial charge in [0, 0.05) is 6.20 Å². The van der Waals surface area contributed by atoms with Crippen molar-refractivity contribution in [2.45, 2.75) is 20.4 Å². The number of benzene rings is 1. The molecule has 0 atom stereocenters. The molecule has 0 amide bonds. The molecule has 0 saturated carbocycles. The third-order valence-corrected chi connectivity index (χ3v) is 2.99. The van der Waals surface area contributed by atoms with Crippen molar-refractivity contribution in [2.24, 2.45) is 5.92 Å². The van der Waals surface area contributed by atoms with Gasteiger partial charge >= 0.3 is 5.69 Å². The minimum absolute atomic E-state index is 0.0866. The molecule has 1 aromatic carbocycles. The maximum Gasteiger partial charge on any atom is 0.328 e. The summed E-state index contributed by atoms with van der Waals surface area (Å²) in [4.78, 5) is 25.2. The molecule has 0 unspecified atom stereocenters. The van der Waals surface area contributed by atoms with Crippen molar-refractivity contribution in [2.75, 3.05) is 6.61 Å². The second-order valence-electron chi connectivity index (χ2n) is 5.39. The number of H-pyrrole nitrogens is 1. The number of nitrogens with one attached hydrogen (secondary N) is 1. The van der Waals surface area contributed by atoms with E-state index in [-0.39, 0.29) is 12.1 Å². The maximum absolute atomic E-state index is 11.7. The molecular formula is C16H17N3O3. The van der Waals surface area contributed by atoms with E-state index in [9.17, 15) is 9.59 Å². The van der Waals surface area contributed by atoms with Crippen LogP contribution in [0.1, 0.15) is 25.0 Å². The average Bonchev–Trinajstić information content (AvgIpc) is 2.49. The van der Waals surface area contributed by atoms with Crippen molar-refractivity contribution >= 4 is 0 Å². The van der Waals surface area contributed by atoms with E-state index in [0.29, 0.717) is 12.5 Å². The minimum atomic E-state index is -0.666. The summed E-state index contributed by atoms with van der Waals surface area (Å²) in [6.45, 7) is 5.06. The highest BCUT2D eigenvalue weighted by Crippen LogP contribution is 2.13. The van der Waals surface area contributed by atoms with Crippen LogP contribution < -0.4 is 16.0 Å². The predicted molar refractivity (Wildman–Crippen MR) is 81.9 cm³/mol. The normalized spacial score (nSPS) is 10.5. The van der Waals surface area contributed by atoms with Crippen molar-refractivity contribution in [3.8, 4) is 11.8 Å². The third-order valence-electron chi connectivity index (χ3n) is 2.99. The third kappa shape index (κ3) is 3.85. The molecule has 0 aliphatic rings. The smallest absolute Gasteiger partial charge is 0.328 e. The first-order valence-corrected chi connectivity index (χ1v) is 6.95. The lowest BCUT2D eigenvalue weighted by Gasteiger charge is -2.10. The number of nitriles is 1. The molecule has 2 aromatic rings. The Morgan fingerprint density at radius 2 is 1.95 bits per heavy atom. The Labute approximate surface area is 127 Å². The molecule has 0 aliphatic heterocycles. The number of ether oxygens (including phenoxy) is 1. The fraction of sp³-hybridized carbons (Fsp3) is 0.312. The Balaban J connectivity index is 2.16. The topological polar surface area (TPSA) is 87.9 Å². The molecule has 2 rings (SSSR count). The fourth-order valence-electron chi connectivity index (χ4n) is 1.86. The number of aromatic nitrogens is 2. The average molecular weight is 299 g/mol. The fourth-order valence-corrected chi connectivity index (χ4v) is 1.86. The highest BCUT2D eigenvalue weighted by Gasteiger charge is 2.05. The summed E-state index contributed by atoms with van der Waals surface area (Å²) in [6.07, 6.45) is 1.27. The molecular weight excluding hydrogens is 282 g/mol. The van der Waals surface area contributed by atoms with Gasteiger partial charge in [-0.3, -0.25) is 14.3 Å². The van der Waals surface area contributed by atoms with E-state index in [1.54, 1.807) is 6.07 Å². The number of aromatic amines is 1. The first kappa shape index (κ1) is 15.6. The van der Waals surface area contributed by atoms with Crippen LogP contribution in [0.25, 0.3) is 0 Å². The van der Waals surface area contributed by atoms with Gasteiger partial charge in [-0.15, -0.1) is 0 Å². The summed E-state index contributed by atoms with van der Waals surface area (Å²) in [7, 11) is 0. The van der Waals surface area contributed by atoms with Gasteiger partial charge in [0.1, 0.15) is 17.4 Å². The van der Waals surface area contributed by atoms with Crippen molar-refractivity contribution in [3.05, 3.63) is 62.4 Å². The van der Waals surface area contributed by atoms with Crippen LogP contribution in [-0.4, -0.2) is 16.2 Å². The van der Waals surface area contributed by atoms with Gasteiger partial charge in [-0.2, -0.15) is 5.26 Å². The molecule has 0 saturated heterocycles. The molecule has 114 valence electrons. The highest BCUT2D eigenvalue weighted by atomic mass is 16.5. The summed E-state index contributed by atoms with van der Waals surface area (Å²) in [5.74, 6) is 1.22. The van der Waals surface area contributed by atoms with Crippen LogP contribution in [0.4, 0.5) is 0 Å². The predicted octanol–water partition coefficient (Wildman–Crippen LogP) is 1.49. The summed E-state index contributed by atoms with van der Waals surface area (Å²) < 4.78 is 6.89. The summed E-state index contributed by atoms with van der Waals surface area (Å²) in [5.41, 5.74) is -0.420. The van der Waals surface area contributed by atoms with Gasteiger partial charge < -0.3 is 4.74 Å². The molecule has 0 bridgehead atoms. The summed E-state index contributed by atoms with van der Waals surface area (Å²) in [6, 6.07) is 9.12. The maximum atomic E-state index is 11.7. The van der Waals surface area contributed by atoms with Gasteiger partial charge in [0.25, 0.3) is 5.56 Å². The number of hydrogen-bond acceptors (Lipinski definition) is 4. The second-order valence-corrected chi connectivity index (χ2v) is 5.39. The first-order chi connectivity index (χ1) is 10.5. The molecule has 0 fully saturated rings. The monoisotopic (exact) mass is 299 g/mol. The Kier molecular flexibility index (Phi) is 4.79. The van der Waals surface area contributed by atoms with Gasteiger partial charge in [-0.1, -0.05) is 26.0 Å². The van der Waals surface area contributed by atoms with Crippen LogP contribution in [0.2, 0.25) is 0 Å². The quantitative estimate of drug-likeness (QED) is 0.906. The molecule has 0 radical (unpaired) electrons. The van der Waals surface area contributed by atoms with E-state index in [1.165, 1.54) is 10.8 Å². The molecule has 1 N–H and O–H groups in total. The first-order valence-electron chi connectivity index (χ1n) is 6.95. The van der Waals surface area contributed by atoms with Gasteiger partial charge in [0.05, 0.1) is 13.2 Å². The van der Waals surface area contributed by atoms with E-state index in [4.69, 9.17) is 10.00 Å². The SMILES string of the molecule is CC(C)COc1ccc(Cn2cc(C#N)c(=O)[nH]c2=O)cc1. The van der Waals surface area contributed by atoms with Crippen molar-refractivity contribution in [3.63, 3.8) is 0 Å². The van der Waals surface area contributed by atoms with Crippen LogP contribution >= 0.6 is 0 Å². The van der Waals surface area contributed by atoms with Crippen LogP contribution in [-0.2, 0) is 6.54 Å². The van der Waals surface area contributed by atoms with Crippen LogP contribution in [0.5, 0.6) is 5.75 Å². The molecule has 6 heteroatoms. The standard InChI is InChI=1S/C16H17N3O3/c1-11(2)10-22-14-5-3-12(4-6-14)8-19-9-13(7-17)15(20)18-16(19)21/h3-6,9,11H,8,10H2,1-2H3,(H,18,20,21). The largest absolute Gasteiger partial charge is 0.493 e. The second kappa shape index (κ2) is 6.76. The molecule has 22 heavy (non-hydrogen) atoms. The molecule has 0 aliphatic carbocycles. The zero-order valence-corrected chi connectivity index (χ0v) is 12.5. The Morgan fingerprint density at radius 1 is 1.27 bits per heavy atom. The van der Waals surface area contributed by atoms with E-state index in [0.717, 1.165) is 11.3 Å². The molecule has 0 spiro atoms. The number of rotatable bonds is 5. The van der Waals surface area contributed by atoms with E-state index in [1.807, 2.05) is 24.3 Å². The van der Waals surface area contributed by atoms with Crippen molar-refractivity contribution < 1.29 is 4.74 Å². The summed E-state index contributed by atoms with van der Waals surface area (Å²) in [5, 5.41) is 8.84. The van der Waals surface area contributed by atoms with Gasteiger partial charge in [-0.25, -0.2) is 4.79 Å². The van der Waals surface area contributed by atoms with Crippen molar-refractivity contribution in [1.29, 1.82) is 5.26 Å². The Bertz CT molecular complexity index is 795. The van der Waals surface area contributed by atoms with Gasteiger partial charge in [-0.05, 0) is 23.6 Å². The lowest BCUT2D eigenvalue weighted by atomic mass is 10.2. The number of hydrogen-bond donors (Lipinski definition) is 1. The van der Waals surface area contributed by atoms with E-state index in [2.05, 4.69) is 18.8 Å². The van der Waals surface area contributed by atoms with Crippen molar-refractivity contribution in [1.82, 2.24) is 9.55 Å². The van der Waals surface area contributed by atoms with Crippen LogP contribution in [0.3, 0.4) is 0 Å². The van der Waals surface area contributed by atoms with Crippen LogP contribution in [0, 0.1) is 17.2 Å². The van der Waals surface area contributed by atoms with Gasteiger partial charge in [0.15, 0.2) is 0 Å². The highest BCUT2D eigenvalue weighted by molar-refractivity contribution is 5.28. The Hall–Kier alpha value is -2.81. The van der Waals surface area contributed by atoms with E-state index < -0.39 is 11.2 Å². The Morgan fingerprint density at radius 3 is 2.55 bits per heavy atom. The summed E-state index contributed by atoms with van der Waals surface area (Å²) >= 11 is 0. The zero-order chi connectivity index (χ0) is 16.1. The molecule has 1 heterocycles. The molecule has 1 aromatic heterocycles. The van der Waals surface area contributed by atoms with Crippen LogP contribution in [0.15, 0.2) is 40.1 Å². The van der Waals surface area contributed by atoms with E-state index >= 15 is 0 Å². The number of nitrogens with zero attached hydrogens (tertiary/aromatic N) is 2.